The van der Waals surface area contributed by atoms with E-state index in [1.54, 1.807) is 53.1 Å². The lowest BCUT2D eigenvalue weighted by Crippen LogP contribution is -2.14. The zero-order chi connectivity index (χ0) is 19.5. The first kappa shape index (κ1) is 17.7. The van der Waals surface area contributed by atoms with Gasteiger partial charge in [-0.25, -0.2) is 14.1 Å². The molecule has 0 radical (unpaired) electrons. The van der Waals surface area contributed by atoms with Crippen molar-refractivity contribution in [3.8, 4) is 11.4 Å². The highest BCUT2D eigenvalue weighted by atomic mass is 19.1. The van der Waals surface area contributed by atoms with Crippen LogP contribution in [0.25, 0.3) is 11.4 Å². The van der Waals surface area contributed by atoms with Crippen molar-refractivity contribution in [2.75, 3.05) is 5.32 Å². The lowest BCUT2D eigenvalue weighted by atomic mass is 10.2. The quantitative estimate of drug-likeness (QED) is 0.579. The van der Waals surface area contributed by atoms with Crippen molar-refractivity contribution < 1.29 is 9.18 Å². The third-order valence-electron chi connectivity index (χ3n) is 4.34. The molecule has 2 aromatic carbocycles. The number of para-hydroxylation sites is 1. The number of anilines is 1. The van der Waals surface area contributed by atoms with Crippen LogP contribution in [0, 0.1) is 12.7 Å². The first-order valence-electron chi connectivity index (χ1n) is 8.79. The number of halogens is 1. The van der Waals surface area contributed by atoms with Crippen molar-refractivity contribution in [2.45, 2.75) is 13.3 Å². The molecule has 0 bridgehead atoms. The third kappa shape index (κ3) is 3.68. The summed E-state index contributed by atoms with van der Waals surface area (Å²) in [6.07, 6.45) is 6.91. The van der Waals surface area contributed by atoms with Crippen LogP contribution in [0.5, 0.6) is 0 Å². The van der Waals surface area contributed by atoms with Crippen LogP contribution in [0.15, 0.2) is 73.3 Å². The van der Waals surface area contributed by atoms with E-state index >= 15 is 0 Å². The van der Waals surface area contributed by atoms with Crippen molar-refractivity contribution in [1.29, 1.82) is 0 Å². The number of carbonyl (C=O) groups excluding carboxylic acids is 1. The fourth-order valence-corrected chi connectivity index (χ4v) is 2.98. The summed E-state index contributed by atoms with van der Waals surface area (Å²) >= 11 is 0. The molecule has 1 amide bonds. The summed E-state index contributed by atoms with van der Waals surface area (Å²) in [4.78, 5) is 16.4. The molecule has 2 aromatic heterocycles. The Hall–Kier alpha value is -3.74. The summed E-state index contributed by atoms with van der Waals surface area (Å²) in [6.45, 7) is 1.80. The second-order valence-corrected chi connectivity index (χ2v) is 6.36. The van der Waals surface area contributed by atoms with Crippen molar-refractivity contribution in [2.24, 2.45) is 0 Å². The van der Waals surface area contributed by atoms with Gasteiger partial charge in [-0.1, -0.05) is 18.2 Å². The largest absolute Gasteiger partial charge is 0.326 e. The average Bonchev–Trinajstić information content (AvgIpc) is 3.32. The molecule has 0 atom stereocenters. The number of benzene rings is 2. The summed E-state index contributed by atoms with van der Waals surface area (Å²) in [6, 6.07) is 14.2. The number of aryl methyl sites for hydroxylation is 1. The van der Waals surface area contributed by atoms with Crippen LogP contribution in [0.1, 0.15) is 11.4 Å². The average molecular weight is 375 g/mol. The maximum absolute atomic E-state index is 14.4. The Balaban J connectivity index is 1.44. The van der Waals surface area contributed by atoms with Gasteiger partial charge >= 0.3 is 0 Å². The molecule has 0 saturated carbocycles. The standard InChI is InChI=1S/C21H18FN5O/c1-15-23-9-10-26(15)20-8-7-17(12-19(20)22)25-21(28)11-16-13-24-27(14-16)18-5-3-2-4-6-18/h2-10,12-14H,11H2,1H3,(H,25,28). The minimum Gasteiger partial charge on any atom is -0.326 e. The summed E-state index contributed by atoms with van der Waals surface area (Å²) in [7, 11) is 0. The summed E-state index contributed by atoms with van der Waals surface area (Å²) in [5.41, 5.74) is 2.48. The van der Waals surface area contributed by atoms with Crippen LogP contribution < -0.4 is 5.32 Å². The molecular formula is C21H18FN5O. The first-order chi connectivity index (χ1) is 13.6. The van der Waals surface area contributed by atoms with Crippen LogP contribution in [0.2, 0.25) is 0 Å². The van der Waals surface area contributed by atoms with Gasteiger partial charge < -0.3 is 9.88 Å². The number of amides is 1. The van der Waals surface area contributed by atoms with E-state index in [-0.39, 0.29) is 12.3 Å². The Bertz CT molecular complexity index is 1120. The van der Waals surface area contributed by atoms with Crippen LogP contribution >= 0.6 is 0 Å². The van der Waals surface area contributed by atoms with Crippen LogP contribution in [-0.4, -0.2) is 25.2 Å². The molecule has 0 saturated heterocycles. The summed E-state index contributed by atoms with van der Waals surface area (Å²) in [5.74, 6) is 0.0143. The molecule has 1 N–H and O–H groups in total. The topological polar surface area (TPSA) is 64.7 Å². The second kappa shape index (κ2) is 7.48. The Morgan fingerprint density at radius 2 is 2.00 bits per heavy atom. The van der Waals surface area contributed by atoms with Crippen molar-refractivity contribution in [3.05, 3.63) is 90.5 Å². The number of nitrogens with zero attached hydrogens (tertiary/aromatic N) is 4. The highest BCUT2D eigenvalue weighted by Gasteiger charge is 2.11. The number of hydrogen-bond donors (Lipinski definition) is 1. The van der Waals surface area contributed by atoms with Gasteiger partial charge in [0.15, 0.2) is 0 Å². The summed E-state index contributed by atoms with van der Waals surface area (Å²) in [5, 5.41) is 7.00. The minimum absolute atomic E-state index is 0.150. The predicted molar refractivity (Wildman–Crippen MR) is 104 cm³/mol. The number of nitrogens with one attached hydrogen (secondary N) is 1. The molecule has 0 aliphatic heterocycles. The van der Waals surface area contributed by atoms with Gasteiger partial charge in [-0.3, -0.25) is 4.79 Å². The van der Waals surface area contributed by atoms with E-state index in [4.69, 9.17) is 0 Å². The third-order valence-corrected chi connectivity index (χ3v) is 4.34. The molecular weight excluding hydrogens is 357 g/mol. The van der Waals surface area contributed by atoms with Gasteiger partial charge in [0.05, 0.1) is 24.0 Å². The van der Waals surface area contributed by atoms with Gasteiger partial charge in [-0.05, 0) is 42.8 Å². The molecule has 4 rings (SSSR count). The number of aromatic nitrogens is 4. The Labute approximate surface area is 161 Å². The molecule has 2 heterocycles. The van der Waals surface area contributed by atoms with E-state index in [0.29, 0.717) is 17.2 Å². The highest BCUT2D eigenvalue weighted by molar-refractivity contribution is 5.92. The smallest absolute Gasteiger partial charge is 0.228 e. The molecule has 28 heavy (non-hydrogen) atoms. The van der Waals surface area contributed by atoms with E-state index in [2.05, 4.69) is 15.4 Å². The Kier molecular flexibility index (Phi) is 4.72. The monoisotopic (exact) mass is 375 g/mol. The maximum atomic E-state index is 14.4. The Morgan fingerprint density at radius 1 is 1.18 bits per heavy atom. The predicted octanol–water partition coefficient (Wildman–Crippen LogP) is 3.69. The number of imidazole rings is 1. The number of rotatable bonds is 5. The normalized spacial score (nSPS) is 10.8. The van der Waals surface area contributed by atoms with Crippen LogP contribution in [0.4, 0.5) is 10.1 Å². The molecule has 0 aliphatic rings. The van der Waals surface area contributed by atoms with E-state index in [1.165, 1.54) is 6.07 Å². The van der Waals surface area contributed by atoms with Crippen LogP contribution in [-0.2, 0) is 11.2 Å². The van der Waals surface area contributed by atoms with Gasteiger partial charge in [0, 0.05) is 24.3 Å². The molecule has 0 spiro atoms. The van der Waals surface area contributed by atoms with Gasteiger partial charge in [0.2, 0.25) is 5.91 Å². The molecule has 0 unspecified atom stereocenters. The zero-order valence-corrected chi connectivity index (χ0v) is 15.2. The lowest BCUT2D eigenvalue weighted by molar-refractivity contribution is -0.115. The SMILES string of the molecule is Cc1nccn1-c1ccc(NC(=O)Cc2cnn(-c3ccccc3)c2)cc1F. The van der Waals surface area contributed by atoms with Gasteiger partial charge in [-0.15, -0.1) is 0 Å². The zero-order valence-electron chi connectivity index (χ0n) is 15.2. The maximum Gasteiger partial charge on any atom is 0.228 e. The fraction of sp³-hybridized carbons (Fsp3) is 0.0952. The van der Waals surface area contributed by atoms with Crippen molar-refractivity contribution >= 4 is 11.6 Å². The summed E-state index contributed by atoms with van der Waals surface area (Å²) < 4.78 is 17.8. The number of hydrogen-bond acceptors (Lipinski definition) is 3. The molecule has 0 fully saturated rings. The molecule has 0 aliphatic carbocycles. The van der Waals surface area contributed by atoms with E-state index in [0.717, 1.165) is 11.3 Å². The van der Waals surface area contributed by atoms with Crippen molar-refractivity contribution in [1.82, 2.24) is 19.3 Å². The number of carbonyl (C=O) groups is 1. The fourth-order valence-electron chi connectivity index (χ4n) is 2.98. The second-order valence-electron chi connectivity index (χ2n) is 6.36. The highest BCUT2D eigenvalue weighted by Crippen LogP contribution is 2.19. The van der Waals surface area contributed by atoms with E-state index in [1.807, 2.05) is 30.3 Å². The lowest BCUT2D eigenvalue weighted by Gasteiger charge is -2.09. The van der Waals surface area contributed by atoms with Gasteiger partial charge in [0.1, 0.15) is 11.6 Å². The molecule has 6 nitrogen and oxygen atoms in total. The molecule has 7 heteroatoms. The molecule has 4 aromatic rings. The van der Waals surface area contributed by atoms with E-state index < -0.39 is 5.82 Å². The minimum atomic E-state index is -0.434. The van der Waals surface area contributed by atoms with E-state index in [9.17, 15) is 9.18 Å². The Morgan fingerprint density at radius 3 is 2.71 bits per heavy atom. The van der Waals surface area contributed by atoms with Gasteiger partial charge in [-0.2, -0.15) is 5.10 Å². The first-order valence-corrected chi connectivity index (χ1v) is 8.79. The molecule has 140 valence electrons. The van der Waals surface area contributed by atoms with Crippen molar-refractivity contribution in [3.63, 3.8) is 0 Å². The van der Waals surface area contributed by atoms with Gasteiger partial charge in [0.25, 0.3) is 0 Å². The van der Waals surface area contributed by atoms with Crippen LogP contribution in [0.3, 0.4) is 0 Å².